The minimum absolute atomic E-state index is 0.115. The molecule has 1 aliphatic rings. The van der Waals surface area contributed by atoms with Crippen molar-refractivity contribution < 1.29 is 13.2 Å². The summed E-state index contributed by atoms with van der Waals surface area (Å²) in [4.78, 5) is 12.1. The van der Waals surface area contributed by atoms with Gasteiger partial charge in [0.1, 0.15) is 0 Å². The van der Waals surface area contributed by atoms with E-state index >= 15 is 0 Å². The Hall–Kier alpha value is -1.40. The first-order valence-electron chi connectivity index (χ1n) is 7.74. The van der Waals surface area contributed by atoms with Gasteiger partial charge in [0.15, 0.2) is 0 Å². The number of benzene rings is 1. The molecule has 1 aromatic carbocycles. The Balaban J connectivity index is 2.30. The van der Waals surface area contributed by atoms with E-state index in [1.165, 1.54) is 4.31 Å². The number of amides is 1. The summed E-state index contributed by atoms with van der Waals surface area (Å²) < 4.78 is 26.9. The highest BCUT2D eigenvalue weighted by Gasteiger charge is 2.26. The first-order valence-corrected chi connectivity index (χ1v) is 9.18. The topological polar surface area (TPSA) is 66.5 Å². The van der Waals surface area contributed by atoms with Gasteiger partial charge in [-0.2, -0.15) is 4.31 Å². The zero-order valence-corrected chi connectivity index (χ0v) is 14.2. The second-order valence-electron chi connectivity index (χ2n) is 6.09. The number of nitrogens with zero attached hydrogens (tertiary/aromatic N) is 1. The maximum absolute atomic E-state index is 12.7. The van der Waals surface area contributed by atoms with Crippen molar-refractivity contribution in [1.29, 1.82) is 0 Å². The van der Waals surface area contributed by atoms with Crippen LogP contribution in [0.15, 0.2) is 23.1 Å². The molecule has 1 aromatic rings. The average molecular weight is 324 g/mol. The smallest absolute Gasteiger partial charge is 0.243 e. The van der Waals surface area contributed by atoms with Crippen molar-refractivity contribution in [1.82, 2.24) is 4.31 Å². The van der Waals surface area contributed by atoms with E-state index in [9.17, 15) is 13.2 Å². The lowest BCUT2D eigenvalue weighted by Gasteiger charge is -2.26. The van der Waals surface area contributed by atoms with Gasteiger partial charge in [0, 0.05) is 24.7 Å². The number of hydrogen-bond acceptors (Lipinski definition) is 3. The highest BCUT2D eigenvalue weighted by molar-refractivity contribution is 7.89. The van der Waals surface area contributed by atoms with Crippen LogP contribution in [0.3, 0.4) is 0 Å². The number of anilines is 1. The van der Waals surface area contributed by atoms with Crippen molar-refractivity contribution in [3.8, 4) is 0 Å². The van der Waals surface area contributed by atoms with Gasteiger partial charge in [0.2, 0.25) is 15.9 Å². The Morgan fingerprint density at radius 2 is 1.82 bits per heavy atom. The Labute approximate surface area is 132 Å². The first kappa shape index (κ1) is 17.0. The summed E-state index contributed by atoms with van der Waals surface area (Å²) in [5, 5.41) is 2.80. The van der Waals surface area contributed by atoms with Crippen LogP contribution in [0.25, 0.3) is 0 Å². The Bertz CT molecular complexity index is 647. The van der Waals surface area contributed by atoms with E-state index in [-0.39, 0.29) is 16.7 Å². The molecule has 1 saturated heterocycles. The quantitative estimate of drug-likeness (QED) is 0.926. The zero-order chi connectivity index (χ0) is 16.3. The molecule has 0 unspecified atom stereocenters. The molecule has 0 radical (unpaired) electrons. The van der Waals surface area contributed by atoms with Gasteiger partial charge >= 0.3 is 0 Å². The van der Waals surface area contributed by atoms with Gasteiger partial charge in [-0.25, -0.2) is 8.42 Å². The second-order valence-corrected chi connectivity index (χ2v) is 8.02. The molecule has 0 bridgehead atoms. The lowest BCUT2D eigenvalue weighted by Crippen LogP contribution is -2.35. The summed E-state index contributed by atoms with van der Waals surface area (Å²) in [6.07, 6.45) is 2.89. The molecule has 0 saturated carbocycles. The lowest BCUT2D eigenvalue weighted by molar-refractivity contribution is -0.118. The molecule has 6 heteroatoms. The van der Waals surface area contributed by atoms with Crippen molar-refractivity contribution in [3.63, 3.8) is 0 Å². The van der Waals surface area contributed by atoms with Crippen LogP contribution in [0, 0.1) is 12.8 Å². The number of carbonyl (C=O) groups excluding carboxylic acids is 1. The number of sulfonamides is 1. The molecule has 0 atom stereocenters. The maximum atomic E-state index is 12.7. The van der Waals surface area contributed by atoms with Crippen molar-refractivity contribution in [2.24, 2.45) is 5.92 Å². The molecular weight excluding hydrogens is 300 g/mol. The summed E-state index contributed by atoms with van der Waals surface area (Å²) in [5.41, 5.74) is 1.42. The molecule has 1 N–H and O–H groups in total. The molecule has 1 amide bonds. The maximum Gasteiger partial charge on any atom is 0.243 e. The highest BCUT2D eigenvalue weighted by atomic mass is 32.2. The van der Waals surface area contributed by atoms with Crippen LogP contribution in [0.5, 0.6) is 0 Å². The number of piperidine rings is 1. The van der Waals surface area contributed by atoms with E-state index in [0.717, 1.165) is 24.8 Å². The summed E-state index contributed by atoms with van der Waals surface area (Å²) in [6, 6.07) is 4.93. The summed E-state index contributed by atoms with van der Waals surface area (Å²) in [6.45, 7) is 6.61. The third kappa shape index (κ3) is 3.67. The fraction of sp³-hybridized carbons (Fsp3) is 0.562. The fourth-order valence-electron chi connectivity index (χ4n) is 2.43. The van der Waals surface area contributed by atoms with E-state index < -0.39 is 10.0 Å². The Morgan fingerprint density at radius 1 is 1.18 bits per heavy atom. The van der Waals surface area contributed by atoms with Crippen LogP contribution < -0.4 is 5.32 Å². The average Bonchev–Trinajstić information content (AvgIpc) is 2.50. The van der Waals surface area contributed by atoms with Crippen LogP contribution >= 0.6 is 0 Å². The highest BCUT2D eigenvalue weighted by Crippen LogP contribution is 2.25. The normalized spacial score (nSPS) is 16.7. The van der Waals surface area contributed by atoms with Crippen molar-refractivity contribution in [2.45, 2.75) is 44.9 Å². The zero-order valence-electron chi connectivity index (χ0n) is 13.4. The number of nitrogens with one attached hydrogen (secondary N) is 1. The van der Waals surface area contributed by atoms with E-state index in [1.807, 2.05) is 6.92 Å². The standard InChI is InChI=1S/C16H24N2O3S/c1-12(2)16(19)17-15-11-14(8-7-13(15)3)22(20,21)18-9-5-4-6-10-18/h7-8,11-12H,4-6,9-10H2,1-3H3,(H,17,19). The molecular formula is C16H24N2O3S. The van der Waals surface area contributed by atoms with Gasteiger partial charge in [-0.3, -0.25) is 4.79 Å². The molecule has 2 rings (SSSR count). The van der Waals surface area contributed by atoms with Crippen molar-refractivity contribution in [3.05, 3.63) is 23.8 Å². The Kier molecular flexibility index (Phi) is 5.24. The van der Waals surface area contributed by atoms with Crippen LogP contribution in [0.1, 0.15) is 38.7 Å². The molecule has 1 heterocycles. The Morgan fingerprint density at radius 3 is 2.41 bits per heavy atom. The molecule has 5 nitrogen and oxygen atoms in total. The van der Waals surface area contributed by atoms with Gasteiger partial charge in [0.25, 0.3) is 0 Å². The van der Waals surface area contributed by atoms with E-state index in [2.05, 4.69) is 5.32 Å². The largest absolute Gasteiger partial charge is 0.326 e. The van der Waals surface area contributed by atoms with E-state index in [1.54, 1.807) is 32.0 Å². The van der Waals surface area contributed by atoms with Crippen LogP contribution in [-0.4, -0.2) is 31.7 Å². The minimum atomic E-state index is -3.48. The fourth-order valence-corrected chi connectivity index (χ4v) is 3.97. The SMILES string of the molecule is Cc1ccc(S(=O)(=O)N2CCCCC2)cc1NC(=O)C(C)C. The second kappa shape index (κ2) is 6.79. The van der Waals surface area contributed by atoms with Crippen LogP contribution in [-0.2, 0) is 14.8 Å². The summed E-state index contributed by atoms with van der Waals surface area (Å²) in [7, 11) is -3.48. The molecule has 0 spiro atoms. The van der Waals surface area contributed by atoms with Crippen LogP contribution in [0.2, 0.25) is 0 Å². The predicted molar refractivity (Wildman–Crippen MR) is 87.3 cm³/mol. The van der Waals surface area contributed by atoms with Crippen LogP contribution in [0.4, 0.5) is 5.69 Å². The third-order valence-electron chi connectivity index (χ3n) is 3.94. The summed E-state index contributed by atoms with van der Waals surface area (Å²) in [5.74, 6) is -0.266. The van der Waals surface area contributed by atoms with Crippen molar-refractivity contribution in [2.75, 3.05) is 18.4 Å². The molecule has 22 heavy (non-hydrogen) atoms. The molecule has 1 fully saturated rings. The van der Waals surface area contributed by atoms with Gasteiger partial charge in [-0.1, -0.05) is 26.3 Å². The summed E-state index contributed by atoms with van der Waals surface area (Å²) >= 11 is 0. The number of rotatable bonds is 4. The molecule has 1 aliphatic heterocycles. The van der Waals surface area contributed by atoms with Gasteiger partial charge in [-0.05, 0) is 37.5 Å². The molecule has 122 valence electrons. The van der Waals surface area contributed by atoms with E-state index in [0.29, 0.717) is 18.8 Å². The monoisotopic (exact) mass is 324 g/mol. The lowest BCUT2D eigenvalue weighted by atomic mass is 10.1. The predicted octanol–water partition coefficient (Wildman–Crippen LogP) is 2.76. The number of aryl methyl sites for hydroxylation is 1. The van der Waals surface area contributed by atoms with Gasteiger partial charge in [0.05, 0.1) is 4.90 Å². The third-order valence-corrected chi connectivity index (χ3v) is 5.84. The van der Waals surface area contributed by atoms with Crippen molar-refractivity contribution >= 4 is 21.6 Å². The van der Waals surface area contributed by atoms with Gasteiger partial charge < -0.3 is 5.32 Å². The number of hydrogen-bond donors (Lipinski definition) is 1. The first-order chi connectivity index (χ1) is 10.3. The minimum Gasteiger partial charge on any atom is -0.326 e. The molecule has 0 aliphatic carbocycles. The van der Waals surface area contributed by atoms with E-state index in [4.69, 9.17) is 0 Å². The van der Waals surface area contributed by atoms with Gasteiger partial charge in [-0.15, -0.1) is 0 Å². The molecule has 0 aromatic heterocycles. The number of carbonyl (C=O) groups is 1.